The molecule has 0 radical (unpaired) electrons. The van der Waals surface area contributed by atoms with Gasteiger partial charge in [-0.1, -0.05) is 49.4 Å². The third-order valence-electron chi connectivity index (χ3n) is 3.39. The van der Waals surface area contributed by atoms with Crippen molar-refractivity contribution in [3.05, 3.63) is 65.7 Å². The number of nitriles is 1. The minimum absolute atomic E-state index is 0.0868. The van der Waals surface area contributed by atoms with Gasteiger partial charge in [-0.15, -0.1) is 0 Å². The first-order chi connectivity index (χ1) is 10.3. The summed E-state index contributed by atoms with van der Waals surface area (Å²) < 4.78 is 5.24. The molecule has 108 valence electrons. The lowest BCUT2D eigenvalue weighted by Crippen LogP contribution is -2.20. The Bertz CT molecular complexity index is 572. The van der Waals surface area contributed by atoms with Crippen LogP contribution in [0, 0.1) is 11.3 Å². The lowest BCUT2D eigenvalue weighted by atomic mass is 10.0. The van der Waals surface area contributed by atoms with E-state index in [4.69, 9.17) is 10.00 Å². The molecule has 3 nitrogen and oxygen atoms in total. The Morgan fingerprint density at radius 1 is 1.10 bits per heavy atom. The van der Waals surface area contributed by atoms with Crippen LogP contribution in [0.1, 0.15) is 30.5 Å². The summed E-state index contributed by atoms with van der Waals surface area (Å²) in [5.41, 5.74) is 2.52. The van der Waals surface area contributed by atoms with Crippen LogP contribution in [0.5, 0.6) is 5.75 Å². The minimum atomic E-state index is 0.0868. The second kappa shape index (κ2) is 8.08. The summed E-state index contributed by atoms with van der Waals surface area (Å²) in [4.78, 5) is 0. The summed E-state index contributed by atoms with van der Waals surface area (Å²) in [6.07, 6.45) is 1.05. The molecule has 1 atom stereocenters. The van der Waals surface area contributed by atoms with Crippen LogP contribution in [0.3, 0.4) is 0 Å². The zero-order chi connectivity index (χ0) is 14.9. The molecule has 1 unspecified atom stereocenters. The van der Waals surface area contributed by atoms with Gasteiger partial charge in [0.15, 0.2) is 6.61 Å². The van der Waals surface area contributed by atoms with Crippen LogP contribution >= 0.6 is 0 Å². The van der Waals surface area contributed by atoms with Gasteiger partial charge in [-0.05, 0) is 29.7 Å². The first kappa shape index (κ1) is 15.1. The van der Waals surface area contributed by atoms with Gasteiger partial charge in [0.25, 0.3) is 0 Å². The highest BCUT2D eigenvalue weighted by molar-refractivity contribution is 5.27. The van der Waals surface area contributed by atoms with Crippen molar-refractivity contribution < 1.29 is 4.74 Å². The summed E-state index contributed by atoms with van der Waals surface area (Å²) in [5, 5.41) is 12.0. The molecule has 2 rings (SSSR count). The molecule has 0 aliphatic rings. The number of nitrogens with zero attached hydrogens (tertiary/aromatic N) is 1. The van der Waals surface area contributed by atoms with Gasteiger partial charge in [0.1, 0.15) is 11.8 Å². The molecule has 21 heavy (non-hydrogen) atoms. The van der Waals surface area contributed by atoms with Gasteiger partial charge in [0.2, 0.25) is 0 Å². The van der Waals surface area contributed by atoms with Crippen LogP contribution < -0.4 is 10.1 Å². The van der Waals surface area contributed by atoms with E-state index >= 15 is 0 Å². The molecule has 0 saturated heterocycles. The summed E-state index contributed by atoms with van der Waals surface area (Å²) in [6.45, 7) is 3.08. The van der Waals surface area contributed by atoms with E-state index in [2.05, 4.69) is 36.5 Å². The van der Waals surface area contributed by atoms with Gasteiger partial charge in [0, 0.05) is 12.6 Å². The third-order valence-corrected chi connectivity index (χ3v) is 3.39. The Morgan fingerprint density at radius 3 is 2.43 bits per heavy atom. The Labute approximate surface area is 126 Å². The summed E-state index contributed by atoms with van der Waals surface area (Å²) >= 11 is 0. The molecule has 2 aromatic rings. The van der Waals surface area contributed by atoms with E-state index in [9.17, 15) is 0 Å². The molecule has 0 saturated carbocycles. The van der Waals surface area contributed by atoms with Crippen LogP contribution in [0.25, 0.3) is 0 Å². The number of hydrogen-bond donors (Lipinski definition) is 1. The van der Waals surface area contributed by atoms with E-state index in [1.807, 2.05) is 36.4 Å². The Morgan fingerprint density at radius 2 is 1.81 bits per heavy atom. The molecular formula is C18H20N2O. The standard InChI is InChI=1S/C18H20N2O/c1-2-18(16-6-4-3-5-7-16)20-14-15-8-10-17(11-9-15)21-13-12-19/h3-11,18,20H,2,13-14H2,1H3. The fourth-order valence-corrected chi connectivity index (χ4v) is 2.24. The van der Waals surface area contributed by atoms with Crippen molar-refractivity contribution in [1.82, 2.24) is 5.32 Å². The number of benzene rings is 2. The first-order valence-electron chi connectivity index (χ1n) is 7.20. The number of ether oxygens (including phenoxy) is 1. The van der Waals surface area contributed by atoms with Crippen molar-refractivity contribution in [2.75, 3.05) is 6.61 Å². The fourth-order valence-electron chi connectivity index (χ4n) is 2.24. The molecule has 0 aromatic heterocycles. The predicted molar refractivity (Wildman–Crippen MR) is 83.9 cm³/mol. The van der Waals surface area contributed by atoms with E-state index in [1.54, 1.807) is 0 Å². The van der Waals surface area contributed by atoms with Crippen molar-refractivity contribution in [2.45, 2.75) is 25.9 Å². The van der Waals surface area contributed by atoms with Crippen LogP contribution in [0.4, 0.5) is 0 Å². The van der Waals surface area contributed by atoms with Crippen LogP contribution in [-0.2, 0) is 6.54 Å². The minimum Gasteiger partial charge on any atom is -0.479 e. The molecule has 0 bridgehead atoms. The van der Waals surface area contributed by atoms with E-state index in [0.717, 1.165) is 18.7 Å². The van der Waals surface area contributed by atoms with E-state index in [1.165, 1.54) is 11.1 Å². The maximum absolute atomic E-state index is 8.48. The van der Waals surface area contributed by atoms with Crippen LogP contribution in [-0.4, -0.2) is 6.61 Å². The van der Waals surface area contributed by atoms with Crippen LogP contribution in [0.2, 0.25) is 0 Å². The zero-order valence-corrected chi connectivity index (χ0v) is 12.3. The van der Waals surface area contributed by atoms with Crippen molar-refractivity contribution in [1.29, 1.82) is 5.26 Å². The van der Waals surface area contributed by atoms with Crippen LogP contribution in [0.15, 0.2) is 54.6 Å². The van der Waals surface area contributed by atoms with E-state index in [0.29, 0.717) is 6.04 Å². The van der Waals surface area contributed by atoms with Crippen molar-refractivity contribution >= 4 is 0 Å². The first-order valence-corrected chi connectivity index (χ1v) is 7.20. The molecule has 0 spiro atoms. The van der Waals surface area contributed by atoms with Gasteiger partial charge in [0.05, 0.1) is 0 Å². The molecule has 0 amide bonds. The average Bonchev–Trinajstić information content (AvgIpc) is 2.55. The number of rotatable bonds is 7. The normalized spacial score (nSPS) is 11.6. The van der Waals surface area contributed by atoms with Crippen molar-refractivity contribution in [3.8, 4) is 11.8 Å². The van der Waals surface area contributed by atoms with E-state index < -0.39 is 0 Å². The summed E-state index contributed by atoms with van der Waals surface area (Å²) in [6, 6.07) is 20.7. The molecule has 0 aliphatic heterocycles. The zero-order valence-electron chi connectivity index (χ0n) is 12.3. The lowest BCUT2D eigenvalue weighted by Gasteiger charge is -2.17. The Hall–Kier alpha value is -2.31. The number of hydrogen-bond acceptors (Lipinski definition) is 3. The summed E-state index contributed by atoms with van der Waals surface area (Å²) in [7, 11) is 0. The largest absolute Gasteiger partial charge is 0.479 e. The smallest absolute Gasteiger partial charge is 0.174 e. The Kier molecular flexibility index (Phi) is 5.81. The molecule has 0 fully saturated rings. The number of nitrogens with one attached hydrogen (secondary N) is 1. The highest BCUT2D eigenvalue weighted by Gasteiger charge is 2.07. The molecule has 0 aliphatic carbocycles. The molecular weight excluding hydrogens is 260 g/mol. The van der Waals surface area contributed by atoms with Gasteiger partial charge >= 0.3 is 0 Å². The maximum atomic E-state index is 8.48. The Balaban J connectivity index is 1.91. The average molecular weight is 280 g/mol. The highest BCUT2D eigenvalue weighted by atomic mass is 16.5. The molecule has 2 aromatic carbocycles. The van der Waals surface area contributed by atoms with Crippen molar-refractivity contribution in [3.63, 3.8) is 0 Å². The quantitative estimate of drug-likeness (QED) is 0.838. The van der Waals surface area contributed by atoms with Gasteiger partial charge in [-0.3, -0.25) is 0 Å². The van der Waals surface area contributed by atoms with Crippen molar-refractivity contribution in [2.24, 2.45) is 0 Å². The summed E-state index contributed by atoms with van der Waals surface area (Å²) in [5.74, 6) is 0.732. The van der Waals surface area contributed by atoms with Gasteiger partial charge in [-0.2, -0.15) is 5.26 Å². The third kappa shape index (κ3) is 4.62. The molecule has 0 heterocycles. The topological polar surface area (TPSA) is 45.0 Å². The predicted octanol–water partition coefficient (Wildman–Crippen LogP) is 3.83. The van der Waals surface area contributed by atoms with Gasteiger partial charge < -0.3 is 10.1 Å². The second-order valence-corrected chi connectivity index (χ2v) is 4.84. The van der Waals surface area contributed by atoms with Gasteiger partial charge in [-0.25, -0.2) is 0 Å². The molecule has 3 heteroatoms. The second-order valence-electron chi connectivity index (χ2n) is 4.84. The lowest BCUT2D eigenvalue weighted by molar-refractivity contribution is 0.368. The SMILES string of the molecule is CCC(NCc1ccc(OCC#N)cc1)c1ccccc1. The molecule has 1 N–H and O–H groups in total. The monoisotopic (exact) mass is 280 g/mol. The maximum Gasteiger partial charge on any atom is 0.174 e. The fraction of sp³-hybridized carbons (Fsp3) is 0.278. The van der Waals surface area contributed by atoms with E-state index in [-0.39, 0.29) is 6.61 Å². The highest BCUT2D eigenvalue weighted by Crippen LogP contribution is 2.17.